The van der Waals surface area contributed by atoms with Crippen LogP contribution in [0.4, 0.5) is 5.69 Å². The SMILES string of the molecule is COc1ccc([C@@H]2CC(c3c(-c4ccc(Cl)cc4)c4ccccc4[nH]c3=O)=NN2C(=S)Nc2ccccc2)cc1OC. The van der Waals surface area contributed by atoms with Crippen LogP contribution in [0.5, 0.6) is 11.5 Å². The minimum Gasteiger partial charge on any atom is -0.493 e. The van der Waals surface area contributed by atoms with Gasteiger partial charge in [0, 0.05) is 33.6 Å². The second-order valence-corrected chi connectivity index (χ2v) is 10.6. The number of H-pyrrole nitrogens is 1. The molecule has 42 heavy (non-hydrogen) atoms. The molecule has 1 aliphatic heterocycles. The Morgan fingerprint density at radius 1 is 0.929 bits per heavy atom. The molecule has 0 saturated heterocycles. The summed E-state index contributed by atoms with van der Waals surface area (Å²) in [5.41, 5.74) is 5.02. The molecule has 9 heteroatoms. The smallest absolute Gasteiger partial charge is 0.258 e. The number of anilines is 1. The standard InChI is InChI=1S/C33H27ClN4O3S/c1-40-28-17-14-21(18-29(28)41-2)27-19-26(37-38(27)33(42)35-23-8-4-3-5-9-23)31-30(20-12-15-22(34)16-13-20)24-10-6-7-11-25(24)36-32(31)39/h3-18,27H,19H2,1-2H3,(H,35,42)(H,36,39)/t27-/m0/s1. The number of methoxy groups -OCH3 is 2. The lowest BCUT2D eigenvalue weighted by atomic mass is 9.91. The Bertz CT molecular complexity index is 1870. The average Bonchev–Trinajstić information content (AvgIpc) is 3.46. The van der Waals surface area contributed by atoms with Crippen molar-refractivity contribution in [2.75, 3.05) is 19.5 Å². The summed E-state index contributed by atoms with van der Waals surface area (Å²) < 4.78 is 11.1. The molecule has 2 heterocycles. The highest BCUT2D eigenvalue weighted by Gasteiger charge is 2.34. The first-order valence-corrected chi connectivity index (χ1v) is 14.1. The Morgan fingerprint density at radius 3 is 2.38 bits per heavy atom. The van der Waals surface area contributed by atoms with Crippen molar-refractivity contribution < 1.29 is 9.47 Å². The van der Waals surface area contributed by atoms with Crippen LogP contribution in [0.2, 0.25) is 5.02 Å². The van der Waals surface area contributed by atoms with Crippen molar-refractivity contribution in [1.82, 2.24) is 9.99 Å². The molecule has 0 unspecified atom stereocenters. The van der Waals surface area contributed by atoms with E-state index in [2.05, 4.69) is 10.3 Å². The van der Waals surface area contributed by atoms with Crippen LogP contribution in [-0.2, 0) is 0 Å². The Kier molecular flexibility index (Phi) is 7.65. The van der Waals surface area contributed by atoms with Crippen LogP contribution in [0.25, 0.3) is 22.0 Å². The summed E-state index contributed by atoms with van der Waals surface area (Å²) in [6, 6.07) is 30.4. The van der Waals surface area contributed by atoms with Crippen LogP contribution in [0.15, 0.2) is 107 Å². The number of pyridine rings is 1. The maximum atomic E-state index is 13.8. The molecule has 0 radical (unpaired) electrons. The van der Waals surface area contributed by atoms with Crippen molar-refractivity contribution in [3.63, 3.8) is 0 Å². The summed E-state index contributed by atoms with van der Waals surface area (Å²) in [6.07, 6.45) is 0.425. The highest BCUT2D eigenvalue weighted by molar-refractivity contribution is 7.80. The molecule has 0 aliphatic carbocycles. The zero-order valence-corrected chi connectivity index (χ0v) is 24.5. The third-order valence-corrected chi connectivity index (χ3v) is 7.82. The number of hydrazone groups is 1. The van der Waals surface area contributed by atoms with E-state index in [1.807, 2.05) is 97.1 Å². The Balaban J connectivity index is 1.51. The normalized spacial score (nSPS) is 14.5. The van der Waals surface area contributed by atoms with Gasteiger partial charge < -0.3 is 19.8 Å². The Hall–Kier alpha value is -4.66. The molecule has 0 saturated carbocycles. The fourth-order valence-corrected chi connectivity index (χ4v) is 5.72. The lowest BCUT2D eigenvalue weighted by Crippen LogP contribution is -2.31. The highest BCUT2D eigenvalue weighted by atomic mass is 35.5. The third kappa shape index (κ3) is 5.22. The summed E-state index contributed by atoms with van der Waals surface area (Å²) in [5, 5.41) is 12.0. The maximum Gasteiger partial charge on any atom is 0.258 e. The number of nitrogens with one attached hydrogen (secondary N) is 2. The van der Waals surface area contributed by atoms with Gasteiger partial charge in [-0.05, 0) is 65.8 Å². The molecular weight excluding hydrogens is 568 g/mol. The quantitative estimate of drug-likeness (QED) is 0.199. The summed E-state index contributed by atoms with van der Waals surface area (Å²) in [5.74, 6) is 1.21. The number of nitrogens with zero attached hydrogens (tertiary/aromatic N) is 2. The van der Waals surface area contributed by atoms with Crippen LogP contribution in [-0.4, -0.2) is 35.0 Å². The van der Waals surface area contributed by atoms with E-state index < -0.39 is 0 Å². The number of hydrogen-bond donors (Lipinski definition) is 2. The van der Waals surface area contributed by atoms with E-state index in [4.69, 9.17) is 38.4 Å². The number of hydrogen-bond acceptors (Lipinski definition) is 5. The van der Waals surface area contributed by atoms with E-state index >= 15 is 0 Å². The van der Waals surface area contributed by atoms with Gasteiger partial charge in [0.05, 0.1) is 31.5 Å². The van der Waals surface area contributed by atoms with Crippen LogP contribution >= 0.6 is 23.8 Å². The summed E-state index contributed by atoms with van der Waals surface area (Å²) in [7, 11) is 3.20. The van der Waals surface area contributed by atoms with E-state index in [1.54, 1.807) is 19.2 Å². The predicted molar refractivity (Wildman–Crippen MR) is 173 cm³/mol. The third-order valence-electron chi connectivity index (χ3n) is 7.28. The van der Waals surface area contributed by atoms with Crippen molar-refractivity contribution in [3.8, 4) is 22.6 Å². The highest BCUT2D eigenvalue weighted by Crippen LogP contribution is 2.40. The minimum atomic E-state index is -0.313. The van der Waals surface area contributed by atoms with Crippen LogP contribution in [0, 0.1) is 0 Å². The summed E-state index contributed by atoms with van der Waals surface area (Å²) in [6.45, 7) is 0. The van der Waals surface area contributed by atoms with Crippen LogP contribution < -0.4 is 20.3 Å². The van der Waals surface area contributed by atoms with Crippen LogP contribution in [0.3, 0.4) is 0 Å². The molecule has 210 valence electrons. The molecule has 2 N–H and O–H groups in total. The molecule has 1 aromatic heterocycles. The monoisotopic (exact) mass is 594 g/mol. The second-order valence-electron chi connectivity index (χ2n) is 9.78. The van der Waals surface area contributed by atoms with E-state index in [-0.39, 0.29) is 11.6 Å². The van der Waals surface area contributed by atoms with Gasteiger partial charge in [0.15, 0.2) is 16.6 Å². The molecular formula is C33H27ClN4O3S. The summed E-state index contributed by atoms with van der Waals surface area (Å²) >= 11 is 12.1. The molecule has 0 bridgehead atoms. The number of para-hydroxylation sites is 2. The minimum absolute atomic E-state index is 0.229. The number of aromatic nitrogens is 1. The molecule has 1 atom stereocenters. The number of thiocarbonyl (C=S) groups is 1. The second kappa shape index (κ2) is 11.7. The fraction of sp³-hybridized carbons (Fsp3) is 0.121. The maximum absolute atomic E-state index is 13.8. The van der Waals surface area contributed by atoms with Crippen molar-refractivity contribution in [2.24, 2.45) is 5.10 Å². The van der Waals surface area contributed by atoms with Gasteiger partial charge in [-0.2, -0.15) is 5.10 Å². The van der Waals surface area contributed by atoms with Gasteiger partial charge >= 0.3 is 0 Å². The molecule has 0 spiro atoms. The lowest BCUT2D eigenvalue weighted by molar-refractivity contribution is 0.348. The number of fused-ring (bicyclic) bond motifs is 1. The van der Waals surface area contributed by atoms with Crippen molar-refractivity contribution in [3.05, 3.63) is 124 Å². The van der Waals surface area contributed by atoms with Gasteiger partial charge in [-0.15, -0.1) is 0 Å². The van der Waals surface area contributed by atoms with Gasteiger partial charge in [-0.3, -0.25) is 4.79 Å². The topological polar surface area (TPSA) is 79.0 Å². The van der Waals surface area contributed by atoms with Crippen LogP contribution in [0.1, 0.15) is 23.6 Å². The van der Waals surface area contributed by atoms with Gasteiger partial charge in [0.25, 0.3) is 5.56 Å². The molecule has 0 amide bonds. The van der Waals surface area contributed by atoms with E-state index in [0.717, 1.165) is 33.3 Å². The predicted octanol–water partition coefficient (Wildman–Crippen LogP) is 7.41. The number of rotatable bonds is 6. The molecule has 0 fully saturated rings. The van der Waals surface area contributed by atoms with Gasteiger partial charge in [-0.25, -0.2) is 5.01 Å². The van der Waals surface area contributed by atoms with Crippen molar-refractivity contribution in [2.45, 2.75) is 12.5 Å². The zero-order chi connectivity index (χ0) is 29.2. The molecule has 4 aromatic carbocycles. The number of benzene rings is 4. The van der Waals surface area contributed by atoms with Gasteiger partial charge in [0.1, 0.15) is 0 Å². The average molecular weight is 595 g/mol. The van der Waals surface area contributed by atoms with E-state index in [0.29, 0.717) is 39.3 Å². The number of halogens is 1. The van der Waals surface area contributed by atoms with Crippen molar-refractivity contribution >= 4 is 51.2 Å². The van der Waals surface area contributed by atoms with E-state index in [9.17, 15) is 4.79 Å². The lowest BCUT2D eigenvalue weighted by Gasteiger charge is -2.25. The zero-order valence-electron chi connectivity index (χ0n) is 22.9. The Labute approximate surface area is 253 Å². The largest absolute Gasteiger partial charge is 0.493 e. The fourth-order valence-electron chi connectivity index (χ4n) is 5.31. The first kappa shape index (κ1) is 27.5. The van der Waals surface area contributed by atoms with Gasteiger partial charge in [-0.1, -0.05) is 66.2 Å². The molecule has 6 rings (SSSR count). The van der Waals surface area contributed by atoms with E-state index in [1.165, 1.54) is 0 Å². The summed E-state index contributed by atoms with van der Waals surface area (Å²) in [4.78, 5) is 16.9. The Morgan fingerprint density at radius 2 is 1.64 bits per heavy atom. The number of aromatic amines is 1. The molecule has 1 aliphatic rings. The van der Waals surface area contributed by atoms with Crippen molar-refractivity contribution in [1.29, 1.82) is 0 Å². The van der Waals surface area contributed by atoms with Gasteiger partial charge in [0.2, 0.25) is 0 Å². The number of ether oxygens (including phenoxy) is 2. The molecule has 7 nitrogen and oxygen atoms in total. The first-order valence-electron chi connectivity index (χ1n) is 13.3. The molecule has 5 aromatic rings. The first-order chi connectivity index (χ1) is 20.5.